The third-order valence-corrected chi connectivity index (χ3v) is 4.58. The summed E-state index contributed by atoms with van der Waals surface area (Å²) >= 11 is 7.03. The first kappa shape index (κ1) is 18.1. The Labute approximate surface area is 157 Å². The first-order valence-electron chi connectivity index (χ1n) is 7.49. The largest absolute Gasteiger partial charge is 0.416 e. The van der Waals surface area contributed by atoms with Gasteiger partial charge in [0.15, 0.2) is 5.78 Å². The van der Waals surface area contributed by atoms with Gasteiger partial charge in [0.1, 0.15) is 0 Å². The van der Waals surface area contributed by atoms with Crippen molar-refractivity contribution in [3.05, 3.63) is 80.7 Å². The molecule has 3 aromatic rings. The van der Waals surface area contributed by atoms with Crippen LogP contribution in [0.15, 0.2) is 58.2 Å². The molecule has 26 heavy (non-hydrogen) atoms. The highest BCUT2D eigenvalue weighted by molar-refractivity contribution is 7.99. The summed E-state index contributed by atoms with van der Waals surface area (Å²) < 4.78 is 5.51. The second kappa shape index (κ2) is 8.11. The second-order valence-electron chi connectivity index (χ2n) is 5.26. The standard InChI is InChI=1S/C17H12ClN3O4S/c18-14-7-6-12(21(23)24)9-13(14)15(22)10-26-17-20-19-16(25-17)8-11-4-2-1-3-5-11/h1-7,9H,8,10H2. The van der Waals surface area contributed by atoms with Crippen LogP contribution >= 0.6 is 23.4 Å². The maximum absolute atomic E-state index is 12.3. The fourth-order valence-electron chi connectivity index (χ4n) is 2.18. The van der Waals surface area contributed by atoms with E-state index in [0.29, 0.717) is 12.3 Å². The lowest BCUT2D eigenvalue weighted by molar-refractivity contribution is -0.384. The number of ketones is 1. The number of hydrogen-bond donors (Lipinski definition) is 0. The van der Waals surface area contributed by atoms with E-state index in [-0.39, 0.29) is 33.0 Å². The molecule has 0 spiro atoms. The summed E-state index contributed by atoms with van der Waals surface area (Å²) in [4.78, 5) is 22.6. The van der Waals surface area contributed by atoms with Crippen LogP contribution in [0.5, 0.6) is 0 Å². The Bertz CT molecular complexity index is 946. The van der Waals surface area contributed by atoms with Gasteiger partial charge in [-0.05, 0) is 11.6 Å². The van der Waals surface area contributed by atoms with Crippen molar-refractivity contribution < 1.29 is 14.1 Å². The van der Waals surface area contributed by atoms with Gasteiger partial charge in [-0.2, -0.15) is 0 Å². The quantitative estimate of drug-likeness (QED) is 0.258. The minimum Gasteiger partial charge on any atom is -0.416 e. The molecule has 0 radical (unpaired) electrons. The number of rotatable bonds is 7. The van der Waals surface area contributed by atoms with Crippen LogP contribution in [0.3, 0.4) is 0 Å². The minimum atomic E-state index is -0.575. The zero-order chi connectivity index (χ0) is 18.5. The molecule has 3 rings (SSSR count). The lowest BCUT2D eigenvalue weighted by Gasteiger charge is -2.02. The van der Waals surface area contributed by atoms with Crippen molar-refractivity contribution in [3.63, 3.8) is 0 Å². The number of non-ortho nitro benzene ring substituents is 1. The molecule has 0 aliphatic rings. The molecule has 0 amide bonds. The molecule has 1 heterocycles. The minimum absolute atomic E-state index is 0.0200. The Morgan fingerprint density at radius 2 is 1.96 bits per heavy atom. The summed E-state index contributed by atoms with van der Waals surface area (Å²) in [6.07, 6.45) is 0.499. The molecular weight excluding hydrogens is 378 g/mol. The molecule has 0 fully saturated rings. The van der Waals surface area contributed by atoms with Crippen molar-refractivity contribution in [2.24, 2.45) is 0 Å². The van der Waals surface area contributed by atoms with E-state index in [1.165, 1.54) is 18.2 Å². The number of thioether (sulfide) groups is 1. The number of nitro benzene ring substituents is 1. The lowest BCUT2D eigenvalue weighted by Crippen LogP contribution is -2.04. The Morgan fingerprint density at radius 1 is 1.19 bits per heavy atom. The molecular formula is C17H12ClN3O4S. The van der Waals surface area contributed by atoms with Gasteiger partial charge in [0.25, 0.3) is 10.9 Å². The van der Waals surface area contributed by atoms with Gasteiger partial charge in [0.05, 0.1) is 22.1 Å². The molecule has 1 aromatic heterocycles. The fourth-order valence-corrected chi connectivity index (χ4v) is 3.07. The topological polar surface area (TPSA) is 99.1 Å². The summed E-state index contributed by atoms with van der Waals surface area (Å²) in [5.74, 6) is 0.0689. The van der Waals surface area contributed by atoms with E-state index in [0.717, 1.165) is 17.3 Å². The van der Waals surface area contributed by atoms with E-state index in [2.05, 4.69) is 10.2 Å². The third-order valence-electron chi connectivity index (χ3n) is 3.43. The normalized spacial score (nSPS) is 10.7. The number of Topliss-reactive ketones (excluding diaryl/α,β-unsaturated/α-hetero) is 1. The van der Waals surface area contributed by atoms with Crippen LogP contribution in [0.1, 0.15) is 21.8 Å². The Balaban J connectivity index is 1.63. The van der Waals surface area contributed by atoms with Gasteiger partial charge in [-0.25, -0.2) is 0 Å². The van der Waals surface area contributed by atoms with E-state index in [4.69, 9.17) is 16.0 Å². The predicted octanol–water partition coefficient (Wildman–Crippen LogP) is 4.20. The van der Waals surface area contributed by atoms with Gasteiger partial charge >= 0.3 is 0 Å². The van der Waals surface area contributed by atoms with Gasteiger partial charge in [-0.3, -0.25) is 14.9 Å². The van der Waals surface area contributed by atoms with Crippen molar-refractivity contribution in [2.75, 3.05) is 5.75 Å². The Hall–Kier alpha value is -2.71. The van der Waals surface area contributed by atoms with Crippen molar-refractivity contribution >= 4 is 34.8 Å². The van der Waals surface area contributed by atoms with Crippen LogP contribution in [0, 0.1) is 10.1 Å². The molecule has 0 N–H and O–H groups in total. The summed E-state index contributed by atoms with van der Waals surface area (Å²) in [7, 11) is 0. The highest BCUT2D eigenvalue weighted by Crippen LogP contribution is 2.25. The highest BCUT2D eigenvalue weighted by Gasteiger charge is 2.17. The van der Waals surface area contributed by atoms with Crippen LogP contribution in [0.2, 0.25) is 5.02 Å². The number of hydrogen-bond acceptors (Lipinski definition) is 7. The number of benzene rings is 2. The zero-order valence-corrected chi connectivity index (χ0v) is 14.9. The van der Waals surface area contributed by atoms with E-state index in [1.807, 2.05) is 30.3 Å². The molecule has 2 aromatic carbocycles. The lowest BCUT2D eigenvalue weighted by atomic mass is 10.1. The monoisotopic (exact) mass is 389 g/mol. The number of nitro groups is 1. The van der Waals surface area contributed by atoms with Crippen LogP contribution < -0.4 is 0 Å². The first-order valence-corrected chi connectivity index (χ1v) is 8.85. The maximum Gasteiger partial charge on any atom is 0.277 e. The van der Waals surface area contributed by atoms with Gasteiger partial charge in [0, 0.05) is 17.7 Å². The van der Waals surface area contributed by atoms with E-state index >= 15 is 0 Å². The number of halogens is 1. The maximum atomic E-state index is 12.3. The summed E-state index contributed by atoms with van der Waals surface area (Å²) in [6.45, 7) is 0. The zero-order valence-electron chi connectivity index (χ0n) is 13.3. The van der Waals surface area contributed by atoms with Gasteiger partial charge in [-0.15, -0.1) is 10.2 Å². The third kappa shape index (κ3) is 4.47. The van der Waals surface area contributed by atoms with E-state index < -0.39 is 4.92 Å². The SMILES string of the molecule is O=C(CSc1nnc(Cc2ccccc2)o1)c1cc([N+](=O)[O-])ccc1Cl. The molecule has 132 valence electrons. The van der Waals surface area contributed by atoms with Crippen LogP contribution in [0.4, 0.5) is 5.69 Å². The molecule has 0 saturated heterocycles. The van der Waals surface area contributed by atoms with Gasteiger partial charge in [-0.1, -0.05) is 53.7 Å². The summed E-state index contributed by atoms with van der Waals surface area (Å²) in [5.41, 5.74) is 0.940. The predicted molar refractivity (Wildman–Crippen MR) is 96.7 cm³/mol. The van der Waals surface area contributed by atoms with Gasteiger partial charge < -0.3 is 4.42 Å². The second-order valence-corrected chi connectivity index (χ2v) is 6.59. The smallest absolute Gasteiger partial charge is 0.277 e. The van der Waals surface area contributed by atoms with E-state index in [1.54, 1.807) is 0 Å². The van der Waals surface area contributed by atoms with E-state index in [9.17, 15) is 14.9 Å². The number of aromatic nitrogens is 2. The first-order chi connectivity index (χ1) is 12.5. The van der Waals surface area contributed by atoms with Crippen molar-refractivity contribution in [2.45, 2.75) is 11.6 Å². The van der Waals surface area contributed by atoms with Crippen molar-refractivity contribution in [1.82, 2.24) is 10.2 Å². The Kier molecular flexibility index (Phi) is 5.65. The molecule has 7 nitrogen and oxygen atoms in total. The van der Waals surface area contributed by atoms with Crippen LogP contribution in [-0.2, 0) is 6.42 Å². The number of carbonyl (C=O) groups is 1. The average molecular weight is 390 g/mol. The average Bonchev–Trinajstić information content (AvgIpc) is 3.08. The van der Waals surface area contributed by atoms with Crippen molar-refractivity contribution in [3.8, 4) is 0 Å². The van der Waals surface area contributed by atoms with Crippen LogP contribution in [0.25, 0.3) is 0 Å². The molecule has 9 heteroatoms. The molecule has 0 bridgehead atoms. The fraction of sp³-hybridized carbons (Fsp3) is 0.118. The van der Waals surface area contributed by atoms with Gasteiger partial charge in [0.2, 0.25) is 5.89 Å². The number of carbonyl (C=O) groups excluding carboxylic acids is 1. The molecule has 0 aliphatic heterocycles. The molecule has 0 saturated carbocycles. The van der Waals surface area contributed by atoms with Crippen LogP contribution in [-0.4, -0.2) is 26.7 Å². The van der Waals surface area contributed by atoms with Crippen molar-refractivity contribution in [1.29, 1.82) is 0 Å². The highest BCUT2D eigenvalue weighted by atomic mass is 35.5. The molecule has 0 aliphatic carbocycles. The number of nitrogens with zero attached hydrogens (tertiary/aromatic N) is 3. The molecule has 0 atom stereocenters. The summed E-state index contributed by atoms with van der Waals surface area (Å²) in [6, 6.07) is 13.4. The molecule has 0 unspecified atom stereocenters. The summed E-state index contributed by atoms with van der Waals surface area (Å²) in [5, 5.41) is 19.1. The Morgan fingerprint density at radius 3 is 2.69 bits per heavy atom.